The Morgan fingerprint density at radius 2 is 2.00 bits per heavy atom. The summed E-state index contributed by atoms with van der Waals surface area (Å²) in [5, 5.41) is 3.77. The minimum atomic E-state index is 0.577. The average Bonchev–Trinajstić information content (AvgIpc) is 2.57. The average molecular weight is 217 g/mol. The minimum absolute atomic E-state index is 0.577. The van der Waals surface area contributed by atoms with Gasteiger partial charge in [0.25, 0.3) is 0 Å². The normalized spacial score (nSPS) is 25.4. The Morgan fingerprint density at radius 3 is 2.69 bits per heavy atom. The first-order chi connectivity index (χ1) is 7.72. The maximum atomic E-state index is 3.77. The van der Waals surface area contributed by atoms with Crippen LogP contribution < -0.4 is 5.32 Å². The summed E-state index contributed by atoms with van der Waals surface area (Å²) in [4.78, 5) is 0. The molecule has 1 heteroatoms. The van der Waals surface area contributed by atoms with Crippen LogP contribution in [0.25, 0.3) is 0 Å². The second kappa shape index (κ2) is 5.01. The van der Waals surface area contributed by atoms with Gasteiger partial charge in [0.1, 0.15) is 0 Å². The highest BCUT2D eigenvalue weighted by Gasteiger charge is 2.27. The van der Waals surface area contributed by atoms with Gasteiger partial charge in [0.05, 0.1) is 0 Å². The molecule has 0 spiro atoms. The van der Waals surface area contributed by atoms with Gasteiger partial charge in [0, 0.05) is 12.1 Å². The molecule has 3 unspecified atom stereocenters. The molecule has 0 heterocycles. The SMILES string of the molecule is CCCC(C)NC1CC(C)c2ccccc21. The summed E-state index contributed by atoms with van der Waals surface area (Å²) in [7, 11) is 0. The Bertz CT molecular complexity index is 345. The third kappa shape index (κ3) is 2.30. The molecule has 1 aliphatic carbocycles. The van der Waals surface area contributed by atoms with E-state index in [9.17, 15) is 0 Å². The van der Waals surface area contributed by atoms with Crippen LogP contribution >= 0.6 is 0 Å². The fraction of sp³-hybridized carbons (Fsp3) is 0.600. The third-order valence-corrected chi connectivity index (χ3v) is 3.70. The lowest BCUT2D eigenvalue weighted by Gasteiger charge is -2.20. The summed E-state index contributed by atoms with van der Waals surface area (Å²) in [6.07, 6.45) is 3.79. The van der Waals surface area contributed by atoms with Gasteiger partial charge in [-0.1, -0.05) is 44.5 Å². The second-order valence-corrected chi connectivity index (χ2v) is 5.17. The molecule has 3 atom stereocenters. The molecular weight excluding hydrogens is 194 g/mol. The van der Waals surface area contributed by atoms with Crippen molar-refractivity contribution in [1.82, 2.24) is 5.32 Å². The molecular formula is C15H23N. The first-order valence-corrected chi connectivity index (χ1v) is 6.57. The van der Waals surface area contributed by atoms with Crippen molar-refractivity contribution in [2.24, 2.45) is 0 Å². The van der Waals surface area contributed by atoms with Crippen LogP contribution in [0.2, 0.25) is 0 Å². The quantitative estimate of drug-likeness (QED) is 0.803. The van der Waals surface area contributed by atoms with E-state index >= 15 is 0 Å². The van der Waals surface area contributed by atoms with E-state index in [1.165, 1.54) is 24.8 Å². The molecule has 0 bridgehead atoms. The highest BCUT2D eigenvalue weighted by Crippen LogP contribution is 2.39. The predicted octanol–water partition coefficient (Wildman–Crippen LogP) is 4.01. The number of fused-ring (bicyclic) bond motifs is 1. The van der Waals surface area contributed by atoms with E-state index in [1.54, 1.807) is 5.56 Å². The van der Waals surface area contributed by atoms with E-state index in [2.05, 4.69) is 50.4 Å². The van der Waals surface area contributed by atoms with Gasteiger partial charge in [-0.05, 0) is 36.8 Å². The number of nitrogens with one attached hydrogen (secondary N) is 1. The van der Waals surface area contributed by atoms with Crippen LogP contribution in [-0.4, -0.2) is 6.04 Å². The third-order valence-electron chi connectivity index (χ3n) is 3.70. The van der Waals surface area contributed by atoms with Crippen molar-refractivity contribution >= 4 is 0 Å². The lowest BCUT2D eigenvalue weighted by molar-refractivity contribution is 0.420. The van der Waals surface area contributed by atoms with Crippen molar-refractivity contribution in [3.63, 3.8) is 0 Å². The molecule has 0 radical (unpaired) electrons. The Balaban J connectivity index is 2.09. The van der Waals surface area contributed by atoms with E-state index in [4.69, 9.17) is 0 Å². The molecule has 1 N–H and O–H groups in total. The van der Waals surface area contributed by atoms with Gasteiger partial charge in [-0.25, -0.2) is 0 Å². The van der Waals surface area contributed by atoms with Gasteiger partial charge in [0.2, 0.25) is 0 Å². The molecule has 0 aromatic heterocycles. The van der Waals surface area contributed by atoms with Gasteiger partial charge in [-0.3, -0.25) is 0 Å². The van der Waals surface area contributed by atoms with Crippen LogP contribution in [0.1, 0.15) is 63.1 Å². The second-order valence-electron chi connectivity index (χ2n) is 5.17. The summed E-state index contributed by atoms with van der Waals surface area (Å²) in [6.45, 7) is 6.89. The highest BCUT2D eigenvalue weighted by atomic mass is 14.9. The maximum Gasteiger partial charge on any atom is 0.0331 e. The lowest BCUT2D eigenvalue weighted by Crippen LogP contribution is -2.29. The highest BCUT2D eigenvalue weighted by molar-refractivity contribution is 5.37. The van der Waals surface area contributed by atoms with E-state index in [1.807, 2.05) is 0 Å². The standard InChI is InChI=1S/C15H23N/c1-4-7-12(3)16-15-10-11(2)13-8-5-6-9-14(13)15/h5-6,8-9,11-12,15-16H,4,7,10H2,1-3H3. The van der Waals surface area contributed by atoms with Crippen molar-refractivity contribution < 1.29 is 0 Å². The van der Waals surface area contributed by atoms with Crippen molar-refractivity contribution in [2.75, 3.05) is 0 Å². The van der Waals surface area contributed by atoms with E-state index in [0.29, 0.717) is 18.0 Å². The van der Waals surface area contributed by atoms with Crippen LogP contribution in [0.5, 0.6) is 0 Å². The fourth-order valence-corrected chi connectivity index (χ4v) is 2.90. The lowest BCUT2D eigenvalue weighted by atomic mass is 10.0. The predicted molar refractivity (Wildman–Crippen MR) is 69.7 cm³/mol. The van der Waals surface area contributed by atoms with Gasteiger partial charge in [-0.15, -0.1) is 0 Å². The zero-order valence-corrected chi connectivity index (χ0v) is 10.7. The zero-order valence-electron chi connectivity index (χ0n) is 10.7. The van der Waals surface area contributed by atoms with Crippen molar-refractivity contribution in [3.8, 4) is 0 Å². The fourth-order valence-electron chi connectivity index (χ4n) is 2.90. The van der Waals surface area contributed by atoms with E-state index in [0.717, 1.165) is 0 Å². The maximum absolute atomic E-state index is 3.77. The molecule has 1 aromatic carbocycles. The molecule has 0 amide bonds. The van der Waals surface area contributed by atoms with Gasteiger partial charge in [0.15, 0.2) is 0 Å². The summed E-state index contributed by atoms with van der Waals surface area (Å²) in [6, 6.07) is 10.1. The summed E-state index contributed by atoms with van der Waals surface area (Å²) < 4.78 is 0. The largest absolute Gasteiger partial charge is 0.307 e. The van der Waals surface area contributed by atoms with Crippen LogP contribution in [0.3, 0.4) is 0 Å². The van der Waals surface area contributed by atoms with Gasteiger partial charge < -0.3 is 5.32 Å². The van der Waals surface area contributed by atoms with E-state index in [-0.39, 0.29) is 0 Å². The van der Waals surface area contributed by atoms with Crippen molar-refractivity contribution in [2.45, 2.75) is 58.0 Å². The number of benzene rings is 1. The number of hydrogen-bond acceptors (Lipinski definition) is 1. The van der Waals surface area contributed by atoms with Gasteiger partial charge in [-0.2, -0.15) is 0 Å². The van der Waals surface area contributed by atoms with Crippen LogP contribution in [0.15, 0.2) is 24.3 Å². The molecule has 1 aromatic rings. The molecule has 0 saturated carbocycles. The smallest absolute Gasteiger partial charge is 0.0331 e. The first-order valence-electron chi connectivity index (χ1n) is 6.57. The molecule has 1 aliphatic rings. The van der Waals surface area contributed by atoms with Crippen molar-refractivity contribution in [3.05, 3.63) is 35.4 Å². The Labute approximate surface area is 99.3 Å². The topological polar surface area (TPSA) is 12.0 Å². The van der Waals surface area contributed by atoms with E-state index < -0.39 is 0 Å². The summed E-state index contributed by atoms with van der Waals surface area (Å²) in [5.74, 6) is 0.711. The molecule has 0 aliphatic heterocycles. The molecule has 88 valence electrons. The Kier molecular flexibility index (Phi) is 3.65. The summed E-state index contributed by atoms with van der Waals surface area (Å²) in [5.41, 5.74) is 3.07. The first kappa shape index (κ1) is 11.7. The van der Waals surface area contributed by atoms with Crippen LogP contribution in [0, 0.1) is 0 Å². The molecule has 16 heavy (non-hydrogen) atoms. The molecule has 0 fully saturated rings. The monoisotopic (exact) mass is 217 g/mol. The number of rotatable bonds is 4. The molecule has 1 nitrogen and oxygen atoms in total. The molecule has 0 saturated heterocycles. The van der Waals surface area contributed by atoms with Crippen LogP contribution in [-0.2, 0) is 0 Å². The summed E-state index contributed by atoms with van der Waals surface area (Å²) >= 11 is 0. The molecule has 2 rings (SSSR count). The minimum Gasteiger partial charge on any atom is -0.307 e. The Hall–Kier alpha value is -0.820. The Morgan fingerprint density at radius 1 is 1.31 bits per heavy atom. The van der Waals surface area contributed by atoms with Crippen molar-refractivity contribution in [1.29, 1.82) is 0 Å². The van der Waals surface area contributed by atoms with Crippen LogP contribution in [0.4, 0.5) is 0 Å². The zero-order chi connectivity index (χ0) is 11.5. The number of hydrogen-bond donors (Lipinski definition) is 1. The van der Waals surface area contributed by atoms with Gasteiger partial charge >= 0.3 is 0 Å².